The van der Waals surface area contributed by atoms with Crippen LogP contribution >= 0.6 is 0 Å². The predicted molar refractivity (Wildman–Crippen MR) is 247 cm³/mol. The molecule has 2 aromatic carbocycles. The number of nitrogens with zero attached hydrogens (tertiary/aromatic N) is 2. The van der Waals surface area contributed by atoms with Crippen LogP contribution in [0.4, 0.5) is 0 Å². The number of piperidine rings is 2. The van der Waals surface area contributed by atoms with Gasteiger partial charge in [0.25, 0.3) is 0 Å². The summed E-state index contributed by atoms with van der Waals surface area (Å²) in [5.74, 6) is 3.50. The lowest BCUT2D eigenvalue weighted by Gasteiger charge is -2.71. The molecule has 6 aliphatic carbocycles. The maximum absolute atomic E-state index is 16.1. The molecule has 17 rings (SSSR count). The Hall–Kier alpha value is -3.94. The number of hydrogen-bond acceptors (Lipinski definition) is 7. The number of esters is 2. The Balaban J connectivity index is 1.06. The van der Waals surface area contributed by atoms with E-state index in [9.17, 15) is 4.79 Å². The molecule has 12 atom stereocenters. The van der Waals surface area contributed by atoms with E-state index in [1.54, 1.807) is 11.3 Å². The van der Waals surface area contributed by atoms with Crippen LogP contribution in [0.5, 0.6) is 0 Å². The zero-order chi connectivity index (χ0) is 42.7. The highest BCUT2D eigenvalue weighted by atomic mass is 16.6. The van der Waals surface area contributed by atoms with Gasteiger partial charge in [-0.1, -0.05) is 91.4 Å². The van der Waals surface area contributed by atoms with Gasteiger partial charge >= 0.3 is 11.9 Å². The predicted octanol–water partition coefficient (Wildman–Crippen LogP) is 9.89. The summed E-state index contributed by atoms with van der Waals surface area (Å²) in [6.45, 7) is 6.66. The molecule has 15 aliphatic rings. The van der Waals surface area contributed by atoms with Gasteiger partial charge in [0, 0.05) is 54.8 Å². The van der Waals surface area contributed by atoms with Crippen molar-refractivity contribution in [2.75, 3.05) is 26.2 Å². The minimum atomic E-state index is -0.990. The fraction of sp³-hybridized carbons (Fsp3) is 0.614. The van der Waals surface area contributed by atoms with Crippen molar-refractivity contribution in [1.29, 1.82) is 0 Å². The maximum atomic E-state index is 16.1. The lowest BCUT2D eigenvalue weighted by molar-refractivity contribution is -0.275. The Bertz CT molecular complexity index is 2510. The SMILES string of the molecule is C[C@@H]1CC2=C3[C@H]4C5=C6C=C(Cc7cccc(c7)CCCC[C@H]7[C@]68C(=O)O/C(=C\C[C@@H](C6CCCC6)N6C[C@H]9C[C@@H](C6)[C@H](CC2)N3C9)[C@@]8(CC5)[C@]72OC(=O)c3c(CCCN)cccc32)[C@@H]41. The Kier molecular flexibility index (Phi) is 8.61. The fourth-order valence-electron chi connectivity index (χ4n) is 18.5. The van der Waals surface area contributed by atoms with Crippen molar-refractivity contribution in [2.24, 2.45) is 58.0 Å². The van der Waals surface area contributed by atoms with Gasteiger partial charge in [0.05, 0.1) is 11.0 Å². The number of hydrogen-bond donors (Lipinski definition) is 1. The topological polar surface area (TPSA) is 85.1 Å². The number of nitrogens with two attached hydrogens (primary N) is 1. The number of fused-ring (bicyclic) bond motifs is 6. The molecular weight excluding hydrogens is 791 g/mol. The van der Waals surface area contributed by atoms with E-state index >= 15 is 4.79 Å². The molecule has 334 valence electrons. The number of carbonyl (C=O) groups is 2. The first-order valence-corrected chi connectivity index (χ1v) is 26.1. The highest BCUT2D eigenvalue weighted by molar-refractivity contribution is 6.00. The Morgan fingerprint density at radius 1 is 0.891 bits per heavy atom. The van der Waals surface area contributed by atoms with Crippen LogP contribution in [0.25, 0.3) is 0 Å². The van der Waals surface area contributed by atoms with Crippen LogP contribution in [0.15, 0.2) is 88.4 Å². The third kappa shape index (κ3) is 4.87. The minimum absolute atomic E-state index is 0.0685. The molecule has 2 N–H and O–H groups in total. The number of carbonyl (C=O) groups excluding carboxylic acids is 2. The molecule has 5 fully saturated rings. The second-order valence-electron chi connectivity index (χ2n) is 23.1. The summed E-state index contributed by atoms with van der Waals surface area (Å²) >= 11 is 0. The molecule has 3 saturated heterocycles. The Labute approximate surface area is 379 Å². The molecular formula is C57H67N3O4. The maximum Gasteiger partial charge on any atom is 0.339 e. The summed E-state index contributed by atoms with van der Waals surface area (Å²) in [4.78, 5) is 37.1. The zero-order valence-corrected chi connectivity index (χ0v) is 38.1. The number of ether oxygens (including phenoxy) is 2. The molecule has 15 bridgehead atoms. The van der Waals surface area contributed by atoms with Crippen molar-refractivity contribution in [1.82, 2.24) is 9.80 Å². The first kappa shape index (κ1) is 39.2. The van der Waals surface area contributed by atoms with Crippen LogP contribution in [-0.2, 0) is 39.1 Å². The molecule has 3 spiro atoms. The van der Waals surface area contributed by atoms with Crippen LogP contribution in [0.2, 0.25) is 0 Å². The van der Waals surface area contributed by atoms with Crippen molar-refractivity contribution in [3.63, 3.8) is 0 Å². The van der Waals surface area contributed by atoms with Gasteiger partial charge in [-0.25, -0.2) is 4.79 Å². The van der Waals surface area contributed by atoms with E-state index in [1.807, 2.05) is 0 Å². The van der Waals surface area contributed by atoms with Gasteiger partial charge in [0.2, 0.25) is 0 Å². The highest BCUT2D eigenvalue weighted by Gasteiger charge is 2.92. The number of benzene rings is 2. The molecule has 7 heteroatoms. The summed E-state index contributed by atoms with van der Waals surface area (Å²) in [7, 11) is 0. The summed E-state index contributed by atoms with van der Waals surface area (Å²) in [6, 6.07) is 17.0. The molecule has 9 aliphatic heterocycles. The quantitative estimate of drug-likeness (QED) is 0.307. The van der Waals surface area contributed by atoms with E-state index in [1.165, 1.54) is 98.8 Å². The number of allylic oxidation sites excluding steroid dienone is 4. The molecule has 1 unspecified atom stereocenters. The van der Waals surface area contributed by atoms with Gasteiger partial charge in [0.1, 0.15) is 11.2 Å². The van der Waals surface area contributed by atoms with E-state index in [-0.39, 0.29) is 23.8 Å². The van der Waals surface area contributed by atoms with Crippen molar-refractivity contribution in [2.45, 2.75) is 140 Å². The van der Waals surface area contributed by atoms with E-state index in [2.05, 4.69) is 71.3 Å². The van der Waals surface area contributed by atoms with E-state index in [4.69, 9.17) is 15.2 Å². The molecule has 2 aromatic rings. The third-order valence-corrected chi connectivity index (χ3v) is 20.4. The standard InChI is InChI=1S/C57H67N3O4/c1-33-25-39-18-19-46-41-28-36-30-59(32-41)45(37-12-3-4-13-37)20-21-48-55-23-22-42-44-29-40(49(33)51(42)52(39)60(46)31-36)27-35-11-6-10-34(26-35)9-2-5-17-47(56(44,55)54(62)63-48)57(55)43-16-7-14-38(15-8-24-58)50(43)53(61)64-57/h6-7,10-11,14,16,21,26,29,33,36-37,41,45-47,49,51H,2-5,8-9,12-13,15,17-20,22-25,27-28,30-32,58H2,1H3/b48-21-/t33-,36-,41+,45+,46+,47+,49+,51+,55-,56+,57-/m1/s1. The monoisotopic (exact) mass is 858 g/mol. The number of rotatable bonds is 4. The van der Waals surface area contributed by atoms with Crippen molar-refractivity contribution in [3.05, 3.63) is 116 Å². The van der Waals surface area contributed by atoms with Gasteiger partial charge in [-0.15, -0.1) is 0 Å². The van der Waals surface area contributed by atoms with Crippen LogP contribution in [0.3, 0.4) is 0 Å². The third-order valence-electron chi connectivity index (χ3n) is 20.4. The summed E-state index contributed by atoms with van der Waals surface area (Å²) < 4.78 is 14.5. The van der Waals surface area contributed by atoms with Gasteiger partial charge in [-0.2, -0.15) is 0 Å². The molecule has 9 heterocycles. The summed E-state index contributed by atoms with van der Waals surface area (Å²) in [6.07, 6.45) is 24.1. The summed E-state index contributed by atoms with van der Waals surface area (Å²) in [5.41, 5.74) is 16.7. The number of aryl methyl sites for hydroxylation is 2. The van der Waals surface area contributed by atoms with Crippen molar-refractivity contribution < 1.29 is 19.1 Å². The van der Waals surface area contributed by atoms with E-state index < -0.39 is 16.4 Å². The lowest BCUT2D eigenvalue weighted by atomic mass is 9.29. The largest absolute Gasteiger partial charge is 0.449 e. The molecule has 64 heavy (non-hydrogen) atoms. The van der Waals surface area contributed by atoms with Gasteiger partial charge in [-0.05, 0) is 161 Å². The zero-order valence-electron chi connectivity index (χ0n) is 38.1. The van der Waals surface area contributed by atoms with Crippen molar-refractivity contribution >= 4 is 11.9 Å². The van der Waals surface area contributed by atoms with Gasteiger partial charge in [0.15, 0.2) is 5.60 Å². The molecule has 2 saturated carbocycles. The Morgan fingerprint density at radius 2 is 1.75 bits per heavy atom. The van der Waals surface area contributed by atoms with Crippen LogP contribution in [0, 0.1) is 52.3 Å². The molecule has 0 radical (unpaired) electrons. The molecule has 7 nitrogen and oxygen atoms in total. The lowest BCUT2D eigenvalue weighted by Crippen LogP contribution is -2.77. The average Bonchev–Trinajstić information content (AvgIpc) is 4.00. The second kappa shape index (κ2) is 14.0. The van der Waals surface area contributed by atoms with Crippen LogP contribution in [0.1, 0.15) is 136 Å². The molecule has 0 amide bonds. The first-order chi connectivity index (χ1) is 31.4. The minimum Gasteiger partial charge on any atom is -0.449 e. The van der Waals surface area contributed by atoms with E-state index in [0.717, 1.165) is 86.7 Å². The summed E-state index contributed by atoms with van der Waals surface area (Å²) in [5, 5.41) is 0. The van der Waals surface area contributed by atoms with Crippen LogP contribution in [-0.4, -0.2) is 60.0 Å². The fourth-order valence-corrected chi connectivity index (χ4v) is 18.5. The first-order valence-electron chi connectivity index (χ1n) is 26.1. The Morgan fingerprint density at radius 3 is 2.64 bits per heavy atom. The second-order valence-corrected chi connectivity index (χ2v) is 23.1. The average molecular weight is 858 g/mol. The van der Waals surface area contributed by atoms with Gasteiger partial charge < -0.3 is 20.1 Å². The highest BCUT2D eigenvalue weighted by Crippen LogP contribution is 2.87. The normalized spacial score (nSPS) is 42.0. The molecule has 0 aromatic heterocycles. The van der Waals surface area contributed by atoms with Crippen LogP contribution < -0.4 is 5.73 Å². The van der Waals surface area contributed by atoms with Crippen molar-refractivity contribution in [3.8, 4) is 0 Å². The van der Waals surface area contributed by atoms with Gasteiger partial charge in [-0.3, -0.25) is 9.69 Å². The smallest absolute Gasteiger partial charge is 0.339 e. The van der Waals surface area contributed by atoms with E-state index in [0.29, 0.717) is 48.2 Å².